The fourth-order valence-corrected chi connectivity index (χ4v) is 1.71. The van der Waals surface area contributed by atoms with Crippen molar-refractivity contribution in [3.63, 3.8) is 0 Å². The second-order valence-corrected chi connectivity index (χ2v) is 4.24. The van der Waals surface area contributed by atoms with Crippen molar-refractivity contribution in [3.8, 4) is 0 Å². The van der Waals surface area contributed by atoms with Gasteiger partial charge in [-0.15, -0.1) is 0 Å². The topological polar surface area (TPSA) is 89.9 Å². The molecule has 20 heavy (non-hydrogen) atoms. The van der Waals surface area contributed by atoms with Crippen molar-refractivity contribution in [1.29, 1.82) is 0 Å². The van der Waals surface area contributed by atoms with Gasteiger partial charge in [-0.25, -0.2) is 0 Å². The summed E-state index contributed by atoms with van der Waals surface area (Å²) in [7, 11) is 0. The van der Waals surface area contributed by atoms with E-state index in [0.717, 1.165) is 16.9 Å². The second-order valence-electron chi connectivity index (χ2n) is 4.24. The van der Waals surface area contributed by atoms with E-state index in [-0.39, 0.29) is 26.3 Å². The van der Waals surface area contributed by atoms with E-state index in [0.29, 0.717) is 5.69 Å². The number of aliphatic hydroxyl groups excluding tert-OH is 2. The minimum atomic E-state index is -0.781. The number of hydrogen-bond donors (Lipinski definition) is 3. The summed E-state index contributed by atoms with van der Waals surface area (Å²) >= 11 is 0. The molecule has 1 aromatic carbocycles. The number of carbonyl (C=O) groups excluding carboxylic acids is 2. The van der Waals surface area contributed by atoms with E-state index in [4.69, 9.17) is 10.2 Å². The van der Waals surface area contributed by atoms with Crippen molar-refractivity contribution < 1.29 is 19.8 Å². The predicted octanol–water partition coefficient (Wildman–Crippen LogP) is 0.000700. The summed E-state index contributed by atoms with van der Waals surface area (Å²) < 4.78 is 0. The van der Waals surface area contributed by atoms with Gasteiger partial charge in [0.1, 0.15) is 0 Å². The average molecular weight is 280 g/mol. The van der Waals surface area contributed by atoms with Gasteiger partial charge in [0.15, 0.2) is 0 Å². The summed E-state index contributed by atoms with van der Waals surface area (Å²) in [5, 5.41) is 20.2. The van der Waals surface area contributed by atoms with Gasteiger partial charge in [0.05, 0.1) is 13.2 Å². The SMILES string of the molecule is CCc1ccc(NC(=O)C(=O)N(CCO)CCO)cc1. The Balaban J connectivity index is 2.65. The third-order valence-corrected chi connectivity index (χ3v) is 2.84. The minimum Gasteiger partial charge on any atom is -0.395 e. The number of amides is 2. The fraction of sp³-hybridized carbons (Fsp3) is 0.429. The first-order valence-corrected chi connectivity index (χ1v) is 6.53. The Morgan fingerprint density at radius 1 is 1.10 bits per heavy atom. The number of benzene rings is 1. The smallest absolute Gasteiger partial charge is 0.313 e. The lowest BCUT2D eigenvalue weighted by Crippen LogP contribution is -2.42. The van der Waals surface area contributed by atoms with E-state index < -0.39 is 11.8 Å². The molecule has 110 valence electrons. The molecular weight excluding hydrogens is 260 g/mol. The van der Waals surface area contributed by atoms with Crippen LogP contribution in [0.15, 0.2) is 24.3 Å². The van der Waals surface area contributed by atoms with Crippen LogP contribution in [0.2, 0.25) is 0 Å². The van der Waals surface area contributed by atoms with Gasteiger partial charge < -0.3 is 20.4 Å². The number of aryl methyl sites for hydroxylation is 1. The zero-order valence-corrected chi connectivity index (χ0v) is 11.5. The van der Waals surface area contributed by atoms with Crippen LogP contribution in [0.3, 0.4) is 0 Å². The zero-order chi connectivity index (χ0) is 15.0. The molecule has 2 amide bonds. The van der Waals surface area contributed by atoms with E-state index in [2.05, 4.69) is 5.32 Å². The Kier molecular flexibility index (Phi) is 6.69. The van der Waals surface area contributed by atoms with Crippen LogP contribution in [0.4, 0.5) is 5.69 Å². The fourth-order valence-electron chi connectivity index (χ4n) is 1.71. The van der Waals surface area contributed by atoms with E-state index in [1.807, 2.05) is 19.1 Å². The van der Waals surface area contributed by atoms with Crippen LogP contribution in [0.5, 0.6) is 0 Å². The molecule has 3 N–H and O–H groups in total. The van der Waals surface area contributed by atoms with E-state index in [9.17, 15) is 9.59 Å². The number of carbonyl (C=O) groups is 2. The van der Waals surface area contributed by atoms with Gasteiger partial charge in [0, 0.05) is 18.8 Å². The van der Waals surface area contributed by atoms with Gasteiger partial charge in [0.25, 0.3) is 0 Å². The molecule has 0 bridgehead atoms. The summed E-state index contributed by atoms with van der Waals surface area (Å²) in [6.07, 6.45) is 0.897. The van der Waals surface area contributed by atoms with Gasteiger partial charge in [0.2, 0.25) is 0 Å². The highest BCUT2D eigenvalue weighted by atomic mass is 16.3. The zero-order valence-electron chi connectivity index (χ0n) is 11.5. The molecule has 0 fully saturated rings. The van der Waals surface area contributed by atoms with Crippen LogP contribution in [0.1, 0.15) is 12.5 Å². The Morgan fingerprint density at radius 3 is 2.10 bits per heavy atom. The second kappa shape index (κ2) is 8.29. The Labute approximate surface area is 118 Å². The van der Waals surface area contributed by atoms with Crippen LogP contribution in [-0.2, 0) is 16.0 Å². The van der Waals surface area contributed by atoms with Crippen molar-refractivity contribution in [2.45, 2.75) is 13.3 Å². The van der Waals surface area contributed by atoms with Crippen LogP contribution in [-0.4, -0.2) is 53.2 Å². The normalized spacial score (nSPS) is 10.2. The lowest BCUT2D eigenvalue weighted by atomic mass is 10.1. The molecule has 0 saturated heterocycles. The molecule has 0 saturated carbocycles. The molecule has 0 radical (unpaired) electrons. The Hall–Kier alpha value is -1.92. The molecule has 0 aliphatic heterocycles. The maximum absolute atomic E-state index is 11.8. The number of anilines is 1. The quantitative estimate of drug-likeness (QED) is 0.640. The van der Waals surface area contributed by atoms with E-state index in [1.54, 1.807) is 12.1 Å². The van der Waals surface area contributed by atoms with Crippen LogP contribution < -0.4 is 5.32 Å². The number of nitrogens with one attached hydrogen (secondary N) is 1. The number of rotatable bonds is 6. The third-order valence-electron chi connectivity index (χ3n) is 2.84. The van der Waals surface area contributed by atoms with Gasteiger partial charge in [-0.1, -0.05) is 19.1 Å². The first kappa shape index (κ1) is 16.1. The maximum atomic E-state index is 11.8. The molecule has 1 rings (SSSR count). The van der Waals surface area contributed by atoms with Crippen molar-refractivity contribution in [2.75, 3.05) is 31.6 Å². The summed E-state index contributed by atoms with van der Waals surface area (Å²) in [5.74, 6) is -1.55. The van der Waals surface area contributed by atoms with Crippen molar-refractivity contribution >= 4 is 17.5 Å². The summed E-state index contributed by atoms with van der Waals surface area (Å²) in [5.41, 5.74) is 1.67. The highest BCUT2D eigenvalue weighted by Crippen LogP contribution is 2.10. The summed E-state index contributed by atoms with van der Waals surface area (Å²) in [6, 6.07) is 7.21. The predicted molar refractivity (Wildman–Crippen MR) is 75.2 cm³/mol. The summed E-state index contributed by atoms with van der Waals surface area (Å²) in [4.78, 5) is 24.7. The van der Waals surface area contributed by atoms with Gasteiger partial charge >= 0.3 is 11.8 Å². The van der Waals surface area contributed by atoms with Crippen molar-refractivity contribution in [2.24, 2.45) is 0 Å². The van der Waals surface area contributed by atoms with E-state index >= 15 is 0 Å². The summed E-state index contributed by atoms with van der Waals surface area (Å²) in [6.45, 7) is 1.54. The molecule has 6 heteroatoms. The molecule has 0 aliphatic rings. The van der Waals surface area contributed by atoms with Crippen LogP contribution in [0, 0.1) is 0 Å². The maximum Gasteiger partial charge on any atom is 0.313 e. The molecule has 0 aliphatic carbocycles. The first-order valence-electron chi connectivity index (χ1n) is 6.53. The molecular formula is C14H20N2O4. The Morgan fingerprint density at radius 2 is 1.65 bits per heavy atom. The van der Waals surface area contributed by atoms with Gasteiger partial charge in [-0.3, -0.25) is 9.59 Å². The van der Waals surface area contributed by atoms with Crippen LogP contribution in [0.25, 0.3) is 0 Å². The molecule has 0 unspecified atom stereocenters. The number of aliphatic hydroxyl groups is 2. The highest BCUT2D eigenvalue weighted by molar-refractivity contribution is 6.39. The average Bonchev–Trinajstić information content (AvgIpc) is 2.47. The van der Waals surface area contributed by atoms with Gasteiger partial charge in [-0.2, -0.15) is 0 Å². The van der Waals surface area contributed by atoms with Gasteiger partial charge in [-0.05, 0) is 24.1 Å². The molecule has 0 spiro atoms. The lowest BCUT2D eigenvalue weighted by molar-refractivity contribution is -0.143. The molecule has 6 nitrogen and oxygen atoms in total. The van der Waals surface area contributed by atoms with Crippen LogP contribution >= 0.6 is 0 Å². The highest BCUT2D eigenvalue weighted by Gasteiger charge is 2.21. The third kappa shape index (κ3) is 4.64. The minimum absolute atomic E-state index is 0.0155. The number of hydrogen-bond acceptors (Lipinski definition) is 4. The number of nitrogens with zero attached hydrogens (tertiary/aromatic N) is 1. The van der Waals surface area contributed by atoms with E-state index in [1.165, 1.54) is 0 Å². The van der Waals surface area contributed by atoms with Crippen molar-refractivity contribution in [3.05, 3.63) is 29.8 Å². The monoisotopic (exact) mass is 280 g/mol. The largest absolute Gasteiger partial charge is 0.395 e. The molecule has 0 heterocycles. The first-order chi connectivity index (χ1) is 9.62. The lowest BCUT2D eigenvalue weighted by Gasteiger charge is -2.19. The van der Waals surface area contributed by atoms with Crippen molar-refractivity contribution in [1.82, 2.24) is 4.90 Å². The Bertz CT molecular complexity index is 439. The molecule has 1 aromatic rings. The molecule has 0 atom stereocenters. The standard InChI is InChI=1S/C14H20N2O4/c1-2-11-3-5-12(6-4-11)15-13(19)14(20)16(7-9-17)8-10-18/h3-6,17-18H,2,7-10H2,1H3,(H,15,19). The molecule has 0 aromatic heterocycles.